The van der Waals surface area contributed by atoms with Gasteiger partial charge >= 0.3 is 0 Å². The Morgan fingerprint density at radius 1 is 1.50 bits per heavy atom. The Bertz CT molecular complexity index is 403. The Hall–Kier alpha value is -0.870. The van der Waals surface area contributed by atoms with Gasteiger partial charge in [0, 0.05) is 31.2 Å². The summed E-state index contributed by atoms with van der Waals surface area (Å²) < 4.78 is 2.03. The largest absolute Gasteiger partial charge is 0.388 e. The van der Waals surface area contributed by atoms with Gasteiger partial charge in [0.25, 0.3) is 0 Å². The van der Waals surface area contributed by atoms with Crippen LogP contribution >= 0.6 is 0 Å². The molecule has 1 N–H and O–H groups in total. The Balaban J connectivity index is 2.16. The first kappa shape index (κ1) is 13.6. The summed E-state index contributed by atoms with van der Waals surface area (Å²) in [6.45, 7) is 8.02. The quantitative estimate of drug-likeness (QED) is 0.881. The average Bonchev–Trinajstić information content (AvgIpc) is 2.80. The maximum absolute atomic E-state index is 10.7. The standard InChI is InChI=1S/C14H25N3O/c1-5-12-7-13(17(6-2)15-12)9-14(18)8-11(3)16(4)10-14/h7,11,18H,5-6,8-10H2,1-4H3. The fourth-order valence-electron chi connectivity index (χ4n) is 2.96. The van der Waals surface area contributed by atoms with Crippen LogP contribution in [0.25, 0.3) is 0 Å². The topological polar surface area (TPSA) is 41.3 Å². The van der Waals surface area contributed by atoms with E-state index in [0.29, 0.717) is 12.5 Å². The summed E-state index contributed by atoms with van der Waals surface area (Å²) >= 11 is 0. The van der Waals surface area contributed by atoms with Gasteiger partial charge in [0.15, 0.2) is 0 Å². The van der Waals surface area contributed by atoms with Crippen LogP contribution in [-0.4, -0.2) is 45.0 Å². The Morgan fingerprint density at radius 2 is 2.22 bits per heavy atom. The molecule has 0 amide bonds. The fraction of sp³-hybridized carbons (Fsp3) is 0.786. The molecule has 1 aliphatic rings. The van der Waals surface area contributed by atoms with Gasteiger partial charge in [-0.3, -0.25) is 4.68 Å². The number of likely N-dealkylation sites (tertiary alicyclic amines) is 1. The molecule has 4 nitrogen and oxygen atoms in total. The summed E-state index contributed by atoms with van der Waals surface area (Å²) in [6, 6.07) is 2.60. The molecule has 0 spiro atoms. The number of aromatic nitrogens is 2. The molecule has 0 bridgehead atoms. The molecule has 18 heavy (non-hydrogen) atoms. The summed E-state index contributed by atoms with van der Waals surface area (Å²) in [5.74, 6) is 0. The van der Waals surface area contributed by atoms with E-state index in [2.05, 4.69) is 43.9 Å². The number of likely N-dealkylation sites (N-methyl/N-ethyl adjacent to an activating group) is 1. The van der Waals surface area contributed by atoms with Crippen LogP contribution in [0.1, 0.15) is 38.6 Å². The molecule has 1 aliphatic heterocycles. The molecular weight excluding hydrogens is 226 g/mol. The molecule has 0 aliphatic carbocycles. The maximum Gasteiger partial charge on any atom is 0.0843 e. The van der Waals surface area contributed by atoms with Gasteiger partial charge in [-0.15, -0.1) is 0 Å². The van der Waals surface area contributed by atoms with E-state index in [9.17, 15) is 5.11 Å². The molecule has 2 rings (SSSR count). The van der Waals surface area contributed by atoms with Gasteiger partial charge in [-0.2, -0.15) is 5.10 Å². The smallest absolute Gasteiger partial charge is 0.0843 e. The number of aliphatic hydroxyl groups is 1. The Morgan fingerprint density at radius 3 is 2.72 bits per heavy atom. The molecule has 102 valence electrons. The van der Waals surface area contributed by atoms with Crippen molar-refractivity contribution < 1.29 is 5.11 Å². The van der Waals surface area contributed by atoms with Gasteiger partial charge in [-0.1, -0.05) is 6.92 Å². The van der Waals surface area contributed by atoms with E-state index in [-0.39, 0.29) is 0 Å². The van der Waals surface area contributed by atoms with Crippen LogP contribution < -0.4 is 0 Å². The first-order chi connectivity index (χ1) is 8.47. The number of hydrogen-bond donors (Lipinski definition) is 1. The van der Waals surface area contributed by atoms with Crippen LogP contribution in [-0.2, 0) is 19.4 Å². The second kappa shape index (κ2) is 5.02. The monoisotopic (exact) mass is 251 g/mol. The highest BCUT2D eigenvalue weighted by atomic mass is 16.3. The summed E-state index contributed by atoms with van der Waals surface area (Å²) in [4.78, 5) is 2.23. The van der Waals surface area contributed by atoms with Gasteiger partial charge in [0.2, 0.25) is 0 Å². The number of aryl methyl sites for hydroxylation is 2. The Labute approximate surface area is 110 Å². The van der Waals surface area contributed by atoms with E-state index in [0.717, 1.165) is 31.6 Å². The first-order valence-corrected chi connectivity index (χ1v) is 6.95. The van der Waals surface area contributed by atoms with E-state index in [4.69, 9.17) is 0 Å². The number of nitrogens with zero attached hydrogens (tertiary/aromatic N) is 3. The first-order valence-electron chi connectivity index (χ1n) is 6.95. The van der Waals surface area contributed by atoms with Crippen LogP contribution in [0.4, 0.5) is 0 Å². The molecule has 0 aromatic carbocycles. The van der Waals surface area contributed by atoms with E-state index >= 15 is 0 Å². The molecule has 1 fully saturated rings. The van der Waals surface area contributed by atoms with Gasteiger partial charge in [0.05, 0.1) is 11.3 Å². The van der Waals surface area contributed by atoms with Crippen molar-refractivity contribution in [2.24, 2.45) is 0 Å². The van der Waals surface area contributed by atoms with Gasteiger partial charge < -0.3 is 10.0 Å². The van der Waals surface area contributed by atoms with Crippen LogP contribution in [0.5, 0.6) is 0 Å². The third-order valence-electron chi connectivity index (χ3n) is 4.06. The minimum atomic E-state index is -0.591. The van der Waals surface area contributed by atoms with Crippen molar-refractivity contribution in [1.29, 1.82) is 0 Å². The molecule has 1 saturated heterocycles. The lowest BCUT2D eigenvalue weighted by atomic mass is 9.94. The lowest BCUT2D eigenvalue weighted by molar-refractivity contribution is 0.0500. The van der Waals surface area contributed by atoms with Crippen molar-refractivity contribution >= 4 is 0 Å². The molecule has 2 heterocycles. The predicted molar refractivity (Wildman–Crippen MR) is 72.6 cm³/mol. The van der Waals surface area contributed by atoms with Gasteiger partial charge in [-0.25, -0.2) is 0 Å². The van der Waals surface area contributed by atoms with E-state index < -0.39 is 5.60 Å². The zero-order valence-electron chi connectivity index (χ0n) is 12.0. The van der Waals surface area contributed by atoms with E-state index in [1.807, 2.05) is 4.68 Å². The summed E-state index contributed by atoms with van der Waals surface area (Å²) in [6.07, 6.45) is 2.51. The van der Waals surface area contributed by atoms with Crippen molar-refractivity contribution in [2.75, 3.05) is 13.6 Å². The van der Waals surface area contributed by atoms with Crippen molar-refractivity contribution in [1.82, 2.24) is 14.7 Å². The van der Waals surface area contributed by atoms with Crippen molar-refractivity contribution in [2.45, 2.75) is 58.2 Å². The molecule has 2 unspecified atom stereocenters. The summed E-state index contributed by atoms with van der Waals surface area (Å²) in [5, 5.41) is 15.3. The minimum absolute atomic E-state index is 0.457. The third-order valence-corrected chi connectivity index (χ3v) is 4.06. The molecular formula is C14H25N3O. The molecule has 0 saturated carbocycles. The van der Waals surface area contributed by atoms with Gasteiger partial charge in [0.1, 0.15) is 0 Å². The highest BCUT2D eigenvalue weighted by molar-refractivity contribution is 5.14. The predicted octanol–water partition coefficient (Wildman–Crippen LogP) is 1.46. The number of β-amino-alcohol motifs (C(OH)–C–C–N with tert-alkyl or cyclic N) is 1. The lowest BCUT2D eigenvalue weighted by Crippen LogP contribution is -2.35. The lowest BCUT2D eigenvalue weighted by Gasteiger charge is -2.22. The fourth-order valence-corrected chi connectivity index (χ4v) is 2.96. The average molecular weight is 251 g/mol. The maximum atomic E-state index is 10.7. The number of hydrogen-bond acceptors (Lipinski definition) is 3. The van der Waals surface area contributed by atoms with E-state index in [1.165, 1.54) is 5.69 Å². The van der Waals surface area contributed by atoms with Crippen molar-refractivity contribution in [3.63, 3.8) is 0 Å². The van der Waals surface area contributed by atoms with Crippen molar-refractivity contribution in [3.8, 4) is 0 Å². The third kappa shape index (κ3) is 2.59. The zero-order chi connectivity index (χ0) is 13.3. The SMILES string of the molecule is CCc1cc(CC2(O)CC(C)N(C)C2)n(CC)n1. The summed E-state index contributed by atoms with van der Waals surface area (Å²) in [7, 11) is 2.08. The molecule has 1 aromatic rings. The Kier molecular flexibility index (Phi) is 3.78. The summed E-state index contributed by atoms with van der Waals surface area (Å²) in [5.41, 5.74) is 1.70. The molecule has 1 aromatic heterocycles. The second-order valence-corrected chi connectivity index (χ2v) is 5.67. The van der Waals surface area contributed by atoms with Gasteiger partial charge in [-0.05, 0) is 39.8 Å². The normalized spacial score (nSPS) is 29.1. The zero-order valence-corrected chi connectivity index (χ0v) is 12.0. The highest BCUT2D eigenvalue weighted by Crippen LogP contribution is 2.29. The van der Waals surface area contributed by atoms with Crippen LogP contribution in [0.3, 0.4) is 0 Å². The van der Waals surface area contributed by atoms with Crippen LogP contribution in [0, 0.1) is 0 Å². The molecule has 4 heteroatoms. The van der Waals surface area contributed by atoms with Crippen molar-refractivity contribution in [3.05, 3.63) is 17.5 Å². The highest BCUT2D eigenvalue weighted by Gasteiger charge is 2.39. The second-order valence-electron chi connectivity index (χ2n) is 5.67. The number of rotatable bonds is 4. The van der Waals surface area contributed by atoms with Crippen LogP contribution in [0.15, 0.2) is 6.07 Å². The van der Waals surface area contributed by atoms with E-state index in [1.54, 1.807) is 0 Å². The minimum Gasteiger partial charge on any atom is -0.388 e. The molecule has 2 atom stereocenters. The van der Waals surface area contributed by atoms with Crippen LogP contribution in [0.2, 0.25) is 0 Å². The molecule has 0 radical (unpaired) electrons.